The molecule has 0 aliphatic carbocycles. The van der Waals surface area contributed by atoms with Gasteiger partial charge in [-0.2, -0.15) is 10.2 Å². The van der Waals surface area contributed by atoms with E-state index in [1.165, 1.54) is 6.39 Å². The Morgan fingerprint density at radius 3 is 3.21 bits per heavy atom. The quantitative estimate of drug-likeness (QED) is 0.655. The van der Waals surface area contributed by atoms with Crippen LogP contribution in [0.4, 0.5) is 0 Å². The van der Waals surface area contributed by atoms with Crippen LogP contribution in [0, 0.1) is 17.2 Å². The fourth-order valence-corrected chi connectivity index (χ4v) is 1.44. The molecule has 0 bridgehead atoms. The number of carbonyl (C=O) groups is 1. The molecule has 1 unspecified atom stereocenters. The number of nitriles is 1. The predicted octanol–water partition coefficient (Wildman–Crippen LogP) is -0.0583. The zero-order valence-corrected chi connectivity index (χ0v) is 7.38. The lowest BCUT2D eigenvalue weighted by Gasteiger charge is -2.11. The Hall–Kier alpha value is -1.90. The normalized spacial score (nSPS) is 21.2. The van der Waals surface area contributed by atoms with Gasteiger partial charge in [-0.3, -0.25) is 4.79 Å². The van der Waals surface area contributed by atoms with E-state index in [4.69, 9.17) is 5.26 Å². The van der Waals surface area contributed by atoms with E-state index < -0.39 is 0 Å². The third kappa shape index (κ3) is 1.57. The van der Waals surface area contributed by atoms with E-state index in [9.17, 15) is 4.79 Å². The Balaban J connectivity index is 2.00. The average Bonchev–Trinajstić information content (AvgIpc) is 2.78. The summed E-state index contributed by atoms with van der Waals surface area (Å²) in [6.07, 6.45) is 1.52. The maximum atomic E-state index is 11.4. The van der Waals surface area contributed by atoms with E-state index in [2.05, 4.69) is 20.7 Å². The van der Waals surface area contributed by atoms with E-state index >= 15 is 0 Å². The number of amides is 1. The van der Waals surface area contributed by atoms with Gasteiger partial charge in [-0.25, -0.2) is 0 Å². The van der Waals surface area contributed by atoms with Gasteiger partial charge in [0.1, 0.15) is 0 Å². The molecule has 0 saturated carbocycles. The minimum Gasteiger partial charge on any atom is -0.343 e. The van der Waals surface area contributed by atoms with Crippen LogP contribution in [0.15, 0.2) is 10.9 Å². The van der Waals surface area contributed by atoms with Crippen LogP contribution >= 0.6 is 0 Å². The van der Waals surface area contributed by atoms with E-state index in [0.29, 0.717) is 25.3 Å². The van der Waals surface area contributed by atoms with Crippen molar-refractivity contribution < 1.29 is 9.32 Å². The number of hydrogen-bond donors (Lipinski definition) is 0. The van der Waals surface area contributed by atoms with E-state index in [1.54, 1.807) is 4.90 Å². The van der Waals surface area contributed by atoms with E-state index in [0.717, 1.165) is 0 Å². The van der Waals surface area contributed by atoms with Crippen LogP contribution < -0.4 is 0 Å². The van der Waals surface area contributed by atoms with Crippen LogP contribution in [-0.4, -0.2) is 27.5 Å². The number of rotatable bonds is 2. The van der Waals surface area contributed by atoms with Crippen molar-refractivity contribution in [1.29, 1.82) is 5.26 Å². The summed E-state index contributed by atoms with van der Waals surface area (Å²) >= 11 is 0. The van der Waals surface area contributed by atoms with Gasteiger partial charge >= 0.3 is 0 Å². The highest BCUT2D eigenvalue weighted by atomic mass is 16.5. The second-order valence-corrected chi connectivity index (χ2v) is 3.15. The lowest BCUT2D eigenvalue weighted by molar-refractivity contribution is -0.128. The molecule has 6 heteroatoms. The molecule has 2 heterocycles. The third-order valence-corrected chi connectivity index (χ3v) is 2.14. The molecule has 1 aromatic rings. The summed E-state index contributed by atoms with van der Waals surface area (Å²) in [7, 11) is 0. The van der Waals surface area contributed by atoms with Crippen LogP contribution in [-0.2, 0) is 11.3 Å². The maximum absolute atomic E-state index is 11.4. The van der Waals surface area contributed by atoms with Crippen LogP contribution in [0.25, 0.3) is 0 Å². The molecule has 0 aromatic carbocycles. The Morgan fingerprint density at radius 2 is 2.64 bits per heavy atom. The minimum atomic E-state index is -0.200. The summed E-state index contributed by atoms with van der Waals surface area (Å²) in [5.41, 5.74) is 0. The van der Waals surface area contributed by atoms with Gasteiger partial charge in [0.25, 0.3) is 0 Å². The summed E-state index contributed by atoms with van der Waals surface area (Å²) in [5, 5.41) is 12.3. The third-order valence-electron chi connectivity index (χ3n) is 2.14. The molecule has 1 aliphatic rings. The summed E-state index contributed by atoms with van der Waals surface area (Å²) in [5.74, 6) is 0.243. The summed E-state index contributed by atoms with van der Waals surface area (Å²) < 4.78 is 4.55. The summed E-state index contributed by atoms with van der Waals surface area (Å²) in [6, 6.07) is 2.08. The summed E-state index contributed by atoms with van der Waals surface area (Å²) in [6.45, 7) is 0.789. The van der Waals surface area contributed by atoms with Crippen molar-refractivity contribution in [3.63, 3.8) is 0 Å². The number of hydrogen-bond acceptors (Lipinski definition) is 5. The molecule has 1 fully saturated rings. The number of nitrogens with zero attached hydrogens (tertiary/aromatic N) is 4. The molecule has 1 aliphatic heterocycles. The first-order chi connectivity index (χ1) is 6.79. The van der Waals surface area contributed by atoms with Gasteiger partial charge in [-0.05, 0) is 0 Å². The zero-order valence-electron chi connectivity index (χ0n) is 7.38. The van der Waals surface area contributed by atoms with Crippen molar-refractivity contribution >= 4 is 5.91 Å². The lowest BCUT2D eigenvalue weighted by Crippen LogP contribution is -2.25. The standard InChI is InChI=1S/C8H8N4O2/c9-2-6-1-8(13)12(3-6)4-7-10-5-14-11-7/h5-6H,1,3-4H2. The molecule has 72 valence electrons. The first-order valence-electron chi connectivity index (χ1n) is 4.22. The van der Waals surface area contributed by atoms with Gasteiger partial charge in [0, 0.05) is 13.0 Å². The second kappa shape index (κ2) is 3.46. The topological polar surface area (TPSA) is 83.0 Å². The minimum absolute atomic E-state index is 0.0265. The summed E-state index contributed by atoms with van der Waals surface area (Å²) in [4.78, 5) is 16.7. The Labute approximate surface area is 80.1 Å². The van der Waals surface area contributed by atoms with Crippen molar-refractivity contribution in [3.05, 3.63) is 12.2 Å². The van der Waals surface area contributed by atoms with Gasteiger partial charge in [0.2, 0.25) is 12.3 Å². The smallest absolute Gasteiger partial charge is 0.224 e. The molecular weight excluding hydrogens is 184 g/mol. The van der Waals surface area contributed by atoms with E-state index in [1.807, 2.05) is 0 Å². The Morgan fingerprint density at radius 1 is 1.79 bits per heavy atom. The van der Waals surface area contributed by atoms with E-state index in [-0.39, 0.29) is 11.8 Å². The molecule has 6 nitrogen and oxygen atoms in total. The van der Waals surface area contributed by atoms with Crippen LogP contribution in [0.2, 0.25) is 0 Å². The van der Waals surface area contributed by atoms with Crippen molar-refractivity contribution in [2.75, 3.05) is 6.54 Å². The molecule has 1 saturated heterocycles. The second-order valence-electron chi connectivity index (χ2n) is 3.15. The highest BCUT2D eigenvalue weighted by Gasteiger charge is 2.29. The largest absolute Gasteiger partial charge is 0.343 e. The van der Waals surface area contributed by atoms with Crippen molar-refractivity contribution in [3.8, 4) is 6.07 Å². The molecule has 2 rings (SSSR count). The van der Waals surface area contributed by atoms with Gasteiger partial charge in [0.15, 0.2) is 5.82 Å². The fourth-order valence-electron chi connectivity index (χ4n) is 1.44. The van der Waals surface area contributed by atoms with Gasteiger partial charge < -0.3 is 9.42 Å². The average molecular weight is 192 g/mol. The number of carbonyl (C=O) groups excluding carboxylic acids is 1. The first kappa shape index (κ1) is 8.69. The maximum Gasteiger partial charge on any atom is 0.224 e. The molecule has 14 heavy (non-hydrogen) atoms. The zero-order chi connectivity index (χ0) is 9.97. The monoisotopic (exact) mass is 192 g/mol. The van der Waals surface area contributed by atoms with Crippen LogP contribution in [0.1, 0.15) is 12.2 Å². The van der Waals surface area contributed by atoms with Gasteiger partial charge in [-0.1, -0.05) is 5.16 Å². The molecule has 1 aromatic heterocycles. The van der Waals surface area contributed by atoms with Crippen LogP contribution in [0.3, 0.4) is 0 Å². The fraction of sp³-hybridized carbons (Fsp3) is 0.500. The molecule has 1 atom stereocenters. The molecule has 0 spiro atoms. The highest BCUT2D eigenvalue weighted by molar-refractivity contribution is 5.79. The van der Waals surface area contributed by atoms with Gasteiger partial charge in [-0.15, -0.1) is 0 Å². The molecule has 0 N–H and O–H groups in total. The SMILES string of the molecule is N#CC1CC(=O)N(Cc2ncon2)C1. The molecular formula is C8H8N4O2. The highest BCUT2D eigenvalue weighted by Crippen LogP contribution is 2.17. The first-order valence-corrected chi connectivity index (χ1v) is 4.22. The van der Waals surface area contributed by atoms with Gasteiger partial charge in [0.05, 0.1) is 18.5 Å². The Bertz CT molecular complexity index is 367. The molecule has 1 amide bonds. The Kier molecular flexibility index (Phi) is 2.14. The van der Waals surface area contributed by atoms with Crippen molar-refractivity contribution in [2.24, 2.45) is 5.92 Å². The van der Waals surface area contributed by atoms with Crippen molar-refractivity contribution in [1.82, 2.24) is 15.0 Å². The van der Waals surface area contributed by atoms with Crippen molar-refractivity contribution in [2.45, 2.75) is 13.0 Å². The predicted molar refractivity (Wildman–Crippen MR) is 43.4 cm³/mol. The molecule has 0 radical (unpaired) electrons. The lowest BCUT2D eigenvalue weighted by atomic mass is 10.1. The number of aromatic nitrogens is 2. The number of likely N-dealkylation sites (tertiary alicyclic amines) is 1. The van der Waals surface area contributed by atoms with Crippen LogP contribution in [0.5, 0.6) is 0 Å².